The standard InChI is InChI=1S/C15H23N3O/c1-5-19-15(2,3)14(16)10-12-11-8-6-7-9-13(11)18(4)17-12/h6-9,14H,5,10,16H2,1-4H3. The van der Waals surface area contributed by atoms with Crippen LogP contribution >= 0.6 is 0 Å². The topological polar surface area (TPSA) is 53.1 Å². The molecule has 0 radical (unpaired) electrons. The van der Waals surface area contributed by atoms with Crippen molar-refractivity contribution in [3.05, 3.63) is 30.0 Å². The minimum Gasteiger partial charge on any atom is -0.374 e. The Morgan fingerprint density at radius 3 is 2.74 bits per heavy atom. The second kappa shape index (κ2) is 5.31. The molecule has 1 aromatic heterocycles. The van der Waals surface area contributed by atoms with E-state index in [-0.39, 0.29) is 11.6 Å². The minimum absolute atomic E-state index is 0.0780. The van der Waals surface area contributed by atoms with Crippen LogP contribution in [0.5, 0.6) is 0 Å². The van der Waals surface area contributed by atoms with Crippen molar-refractivity contribution in [3.63, 3.8) is 0 Å². The number of hydrogen-bond donors (Lipinski definition) is 1. The van der Waals surface area contributed by atoms with Gasteiger partial charge in [-0.2, -0.15) is 5.10 Å². The van der Waals surface area contributed by atoms with Crippen molar-refractivity contribution >= 4 is 10.9 Å². The van der Waals surface area contributed by atoms with Crippen LogP contribution in [0.1, 0.15) is 26.5 Å². The molecular formula is C15H23N3O. The van der Waals surface area contributed by atoms with Crippen molar-refractivity contribution < 1.29 is 4.74 Å². The largest absolute Gasteiger partial charge is 0.374 e. The maximum absolute atomic E-state index is 6.30. The smallest absolute Gasteiger partial charge is 0.0780 e. The summed E-state index contributed by atoms with van der Waals surface area (Å²) < 4.78 is 7.63. The highest BCUT2D eigenvalue weighted by molar-refractivity contribution is 5.81. The van der Waals surface area contributed by atoms with Gasteiger partial charge in [-0.05, 0) is 26.8 Å². The summed E-state index contributed by atoms with van der Waals surface area (Å²) in [7, 11) is 1.96. The number of ether oxygens (including phenoxy) is 1. The first-order chi connectivity index (χ1) is 8.95. The van der Waals surface area contributed by atoms with Crippen molar-refractivity contribution in [2.24, 2.45) is 12.8 Å². The van der Waals surface area contributed by atoms with Crippen molar-refractivity contribution in [2.45, 2.75) is 38.8 Å². The Bertz CT molecular complexity index is 560. The van der Waals surface area contributed by atoms with Gasteiger partial charge in [0.1, 0.15) is 0 Å². The third-order valence-electron chi connectivity index (χ3n) is 3.66. The highest BCUT2D eigenvalue weighted by Crippen LogP contribution is 2.22. The van der Waals surface area contributed by atoms with Gasteiger partial charge < -0.3 is 10.5 Å². The van der Waals surface area contributed by atoms with Crippen LogP contribution in [0.4, 0.5) is 0 Å². The zero-order valence-electron chi connectivity index (χ0n) is 12.2. The predicted molar refractivity (Wildman–Crippen MR) is 78.1 cm³/mol. The van der Waals surface area contributed by atoms with E-state index in [2.05, 4.69) is 17.2 Å². The van der Waals surface area contributed by atoms with E-state index in [0.29, 0.717) is 13.0 Å². The molecule has 0 aliphatic heterocycles. The van der Waals surface area contributed by atoms with Gasteiger partial charge in [-0.1, -0.05) is 18.2 Å². The summed E-state index contributed by atoms with van der Waals surface area (Å²) >= 11 is 0. The fraction of sp³-hybridized carbons (Fsp3) is 0.533. The van der Waals surface area contributed by atoms with Gasteiger partial charge in [0.15, 0.2) is 0 Å². The van der Waals surface area contributed by atoms with Crippen LogP contribution in [0.2, 0.25) is 0 Å². The minimum atomic E-state index is -0.340. The van der Waals surface area contributed by atoms with Crippen LogP contribution in [0.15, 0.2) is 24.3 Å². The molecule has 1 atom stereocenters. The molecule has 4 nitrogen and oxygen atoms in total. The average Bonchev–Trinajstić information content (AvgIpc) is 2.67. The fourth-order valence-corrected chi connectivity index (χ4v) is 2.37. The van der Waals surface area contributed by atoms with Crippen molar-refractivity contribution in [1.29, 1.82) is 0 Å². The molecule has 4 heteroatoms. The Morgan fingerprint density at radius 2 is 2.05 bits per heavy atom. The highest BCUT2D eigenvalue weighted by atomic mass is 16.5. The van der Waals surface area contributed by atoms with Crippen LogP contribution in [0.3, 0.4) is 0 Å². The lowest BCUT2D eigenvalue weighted by Crippen LogP contribution is -2.46. The number of para-hydroxylation sites is 1. The van der Waals surface area contributed by atoms with E-state index in [1.807, 2.05) is 44.6 Å². The molecule has 1 heterocycles. The van der Waals surface area contributed by atoms with E-state index < -0.39 is 0 Å². The molecule has 19 heavy (non-hydrogen) atoms. The number of aryl methyl sites for hydroxylation is 1. The van der Waals surface area contributed by atoms with Gasteiger partial charge >= 0.3 is 0 Å². The Morgan fingerprint density at radius 1 is 1.37 bits per heavy atom. The van der Waals surface area contributed by atoms with Gasteiger partial charge in [-0.3, -0.25) is 4.68 Å². The molecule has 104 valence electrons. The number of fused-ring (bicyclic) bond motifs is 1. The third kappa shape index (κ3) is 2.80. The van der Waals surface area contributed by atoms with Crippen LogP contribution in [0.25, 0.3) is 10.9 Å². The number of hydrogen-bond acceptors (Lipinski definition) is 3. The summed E-state index contributed by atoms with van der Waals surface area (Å²) in [5.41, 5.74) is 8.13. The molecular weight excluding hydrogens is 238 g/mol. The SMILES string of the molecule is CCOC(C)(C)C(N)Cc1nn(C)c2ccccc12. The first-order valence-corrected chi connectivity index (χ1v) is 6.76. The van der Waals surface area contributed by atoms with E-state index in [1.165, 1.54) is 5.39 Å². The molecule has 2 aromatic rings. The first-order valence-electron chi connectivity index (χ1n) is 6.76. The lowest BCUT2D eigenvalue weighted by atomic mass is 9.94. The molecule has 0 saturated heterocycles. The molecule has 0 aliphatic carbocycles. The van der Waals surface area contributed by atoms with Gasteiger partial charge in [0.2, 0.25) is 0 Å². The maximum atomic E-state index is 6.30. The quantitative estimate of drug-likeness (QED) is 0.898. The molecule has 0 amide bonds. The zero-order valence-corrected chi connectivity index (χ0v) is 12.2. The summed E-state index contributed by atoms with van der Waals surface area (Å²) in [5, 5.41) is 5.76. The van der Waals surface area contributed by atoms with Crippen LogP contribution < -0.4 is 5.73 Å². The summed E-state index contributed by atoms with van der Waals surface area (Å²) in [5.74, 6) is 0. The number of aromatic nitrogens is 2. The van der Waals surface area contributed by atoms with Crippen molar-refractivity contribution in [3.8, 4) is 0 Å². The van der Waals surface area contributed by atoms with Gasteiger partial charge in [-0.25, -0.2) is 0 Å². The van der Waals surface area contributed by atoms with Crippen molar-refractivity contribution in [1.82, 2.24) is 9.78 Å². The Balaban J connectivity index is 2.27. The zero-order chi connectivity index (χ0) is 14.0. The fourth-order valence-electron chi connectivity index (χ4n) is 2.37. The van der Waals surface area contributed by atoms with Crippen LogP contribution in [-0.4, -0.2) is 28.0 Å². The molecule has 0 spiro atoms. The summed E-state index contributed by atoms with van der Waals surface area (Å²) in [6.07, 6.45) is 0.717. The third-order valence-corrected chi connectivity index (χ3v) is 3.66. The second-order valence-corrected chi connectivity index (χ2v) is 5.43. The Labute approximate surface area is 114 Å². The monoisotopic (exact) mass is 261 g/mol. The van der Waals surface area contributed by atoms with Crippen LogP contribution in [-0.2, 0) is 18.2 Å². The first kappa shape index (κ1) is 14.0. The number of nitrogens with zero attached hydrogens (tertiary/aromatic N) is 2. The number of nitrogens with two attached hydrogens (primary N) is 1. The molecule has 2 N–H and O–H groups in total. The van der Waals surface area contributed by atoms with E-state index in [0.717, 1.165) is 11.2 Å². The molecule has 1 unspecified atom stereocenters. The second-order valence-electron chi connectivity index (χ2n) is 5.43. The molecule has 0 fully saturated rings. The molecule has 0 aliphatic rings. The normalized spacial score (nSPS) is 13.9. The van der Waals surface area contributed by atoms with Crippen LogP contribution in [0, 0.1) is 0 Å². The summed E-state index contributed by atoms with van der Waals surface area (Å²) in [4.78, 5) is 0. The van der Waals surface area contributed by atoms with Crippen molar-refractivity contribution in [2.75, 3.05) is 6.61 Å². The molecule has 0 saturated carbocycles. The Hall–Kier alpha value is -1.39. The number of benzene rings is 1. The molecule has 1 aromatic carbocycles. The van der Waals surface area contributed by atoms with E-state index >= 15 is 0 Å². The van der Waals surface area contributed by atoms with E-state index in [9.17, 15) is 0 Å². The maximum Gasteiger partial charge on any atom is 0.0780 e. The van der Waals surface area contributed by atoms with Gasteiger partial charge in [0, 0.05) is 31.5 Å². The molecule has 2 rings (SSSR count). The summed E-state index contributed by atoms with van der Waals surface area (Å²) in [6, 6.07) is 8.15. The molecule has 0 bridgehead atoms. The lowest BCUT2D eigenvalue weighted by Gasteiger charge is -2.31. The van der Waals surface area contributed by atoms with Gasteiger partial charge in [0.25, 0.3) is 0 Å². The lowest BCUT2D eigenvalue weighted by molar-refractivity contribution is -0.0289. The van der Waals surface area contributed by atoms with Gasteiger partial charge in [-0.15, -0.1) is 0 Å². The van der Waals surface area contributed by atoms with E-state index in [4.69, 9.17) is 10.5 Å². The van der Waals surface area contributed by atoms with E-state index in [1.54, 1.807) is 0 Å². The highest BCUT2D eigenvalue weighted by Gasteiger charge is 2.28. The number of rotatable bonds is 5. The van der Waals surface area contributed by atoms with Gasteiger partial charge in [0.05, 0.1) is 16.8 Å². The Kier molecular flexibility index (Phi) is 3.92. The predicted octanol–water partition coefficient (Wildman–Crippen LogP) is 2.26. The summed E-state index contributed by atoms with van der Waals surface area (Å²) in [6.45, 7) is 6.73. The average molecular weight is 261 g/mol.